The molecule has 0 bridgehead atoms. The van der Waals surface area contributed by atoms with E-state index in [1.807, 2.05) is 17.9 Å². The first kappa shape index (κ1) is 16.4. The molecule has 2 heterocycles. The molecule has 1 saturated heterocycles. The number of hydrogen-bond acceptors (Lipinski definition) is 4. The minimum atomic E-state index is -0.00910. The molecule has 23 heavy (non-hydrogen) atoms. The van der Waals surface area contributed by atoms with Gasteiger partial charge < -0.3 is 9.80 Å². The second kappa shape index (κ2) is 7.43. The third-order valence-electron chi connectivity index (χ3n) is 5.43. The molecule has 1 aliphatic carbocycles. The molecule has 6 heteroatoms. The highest BCUT2D eigenvalue weighted by molar-refractivity contribution is 5.91. The lowest BCUT2D eigenvalue weighted by atomic mass is 10.1. The van der Waals surface area contributed by atoms with E-state index in [2.05, 4.69) is 22.3 Å². The number of likely N-dealkylation sites (tertiary alicyclic amines) is 1. The predicted molar refractivity (Wildman–Crippen MR) is 89.4 cm³/mol. The Labute approximate surface area is 138 Å². The van der Waals surface area contributed by atoms with Gasteiger partial charge in [-0.25, -0.2) is 4.68 Å². The standard InChI is InChI=1S/C17H29N5O/c1-20-11-7-10-15(20)12-21(2)17(23)16-13-22(19-18-16)14-8-5-3-4-6-9-14/h13-15H,3-12H2,1-2H3/t15-/m0/s1. The van der Waals surface area contributed by atoms with Crippen LogP contribution in [-0.4, -0.2) is 63.9 Å². The molecule has 0 radical (unpaired) electrons. The van der Waals surface area contributed by atoms with Crippen LogP contribution < -0.4 is 0 Å². The Morgan fingerprint density at radius 1 is 1.22 bits per heavy atom. The Morgan fingerprint density at radius 2 is 1.96 bits per heavy atom. The highest BCUT2D eigenvalue weighted by Crippen LogP contribution is 2.26. The van der Waals surface area contributed by atoms with Crippen molar-refractivity contribution in [2.75, 3.05) is 27.2 Å². The third-order valence-corrected chi connectivity index (χ3v) is 5.43. The van der Waals surface area contributed by atoms with Gasteiger partial charge in [0.15, 0.2) is 5.69 Å². The first-order valence-corrected chi connectivity index (χ1v) is 9.02. The monoisotopic (exact) mass is 319 g/mol. The van der Waals surface area contributed by atoms with Gasteiger partial charge in [0.1, 0.15) is 0 Å². The lowest BCUT2D eigenvalue weighted by Gasteiger charge is -2.25. The maximum Gasteiger partial charge on any atom is 0.275 e. The first-order valence-electron chi connectivity index (χ1n) is 9.02. The smallest absolute Gasteiger partial charge is 0.275 e. The van der Waals surface area contributed by atoms with Crippen molar-refractivity contribution in [2.45, 2.75) is 63.5 Å². The zero-order valence-corrected chi connectivity index (χ0v) is 14.4. The molecular formula is C17H29N5O. The van der Waals surface area contributed by atoms with Crippen molar-refractivity contribution in [3.8, 4) is 0 Å². The summed E-state index contributed by atoms with van der Waals surface area (Å²) >= 11 is 0. The van der Waals surface area contributed by atoms with E-state index in [1.165, 1.54) is 38.5 Å². The predicted octanol–water partition coefficient (Wildman–Crippen LogP) is 2.34. The van der Waals surface area contributed by atoms with E-state index in [4.69, 9.17) is 0 Å². The number of likely N-dealkylation sites (N-methyl/N-ethyl adjacent to an activating group) is 2. The van der Waals surface area contributed by atoms with Gasteiger partial charge in [-0.05, 0) is 39.3 Å². The highest BCUT2D eigenvalue weighted by Gasteiger charge is 2.26. The fraction of sp³-hybridized carbons (Fsp3) is 0.824. The number of hydrogen-bond donors (Lipinski definition) is 0. The van der Waals surface area contributed by atoms with Crippen molar-refractivity contribution in [3.63, 3.8) is 0 Å². The van der Waals surface area contributed by atoms with Gasteiger partial charge in [-0.3, -0.25) is 4.79 Å². The molecule has 1 atom stereocenters. The van der Waals surface area contributed by atoms with Crippen LogP contribution in [-0.2, 0) is 0 Å². The zero-order chi connectivity index (χ0) is 16.2. The van der Waals surface area contributed by atoms with E-state index in [9.17, 15) is 4.79 Å². The van der Waals surface area contributed by atoms with E-state index in [0.717, 1.165) is 25.9 Å². The Morgan fingerprint density at radius 3 is 2.61 bits per heavy atom. The Bertz CT molecular complexity index is 521. The van der Waals surface area contributed by atoms with Crippen LogP contribution in [0.5, 0.6) is 0 Å². The fourth-order valence-electron chi connectivity index (χ4n) is 3.88. The van der Waals surface area contributed by atoms with E-state index in [-0.39, 0.29) is 5.91 Å². The summed E-state index contributed by atoms with van der Waals surface area (Å²) in [5, 5.41) is 8.39. The molecular weight excluding hydrogens is 290 g/mol. The molecule has 128 valence electrons. The molecule has 0 unspecified atom stereocenters. The quantitative estimate of drug-likeness (QED) is 0.799. The van der Waals surface area contributed by atoms with E-state index in [0.29, 0.717) is 17.8 Å². The van der Waals surface area contributed by atoms with Crippen LogP contribution in [0.2, 0.25) is 0 Å². The lowest BCUT2D eigenvalue weighted by Crippen LogP contribution is -2.39. The topological polar surface area (TPSA) is 54.3 Å². The average molecular weight is 319 g/mol. The largest absolute Gasteiger partial charge is 0.339 e. The fourth-order valence-corrected chi connectivity index (χ4v) is 3.88. The van der Waals surface area contributed by atoms with Crippen LogP contribution in [0.3, 0.4) is 0 Å². The zero-order valence-electron chi connectivity index (χ0n) is 14.4. The molecule has 3 rings (SSSR count). The summed E-state index contributed by atoms with van der Waals surface area (Å²) in [6.45, 7) is 1.90. The maximum atomic E-state index is 12.6. The van der Waals surface area contributed by atoms with Gasteiger partial charge in [0.2, 0.25) is 0 Å². The van der Waals surface area contributed by atoms with Gasteiger partial charge in [-0.2, -0.15) is 0 Å². The maximum absolute atomic E-state index is 12.6. The van der Waals surface area contributed by atoms with Crippen molar-refractivity contribution in [2.24, 2.45) is 0 Å². The molecule has 0 aromatic carbocycles. The second-order valence-electron chi connectivity index (χ2n) is 7.19. The summed E-state index contributed by atoms with van der Waals surface area (Å²) < 4.78 is 1.92. The molecule has 1 amide bonds. The van der Waals surface area contributed by atoms with E-state index >= 15 is 0 Å². The van der Waals surface area contributed by atoms with Gasteiger partial charge in [-0.15, -0.1) is 5.10 Å². The van der Waals surface area contributed by atoms with Gasteiger partial charge in [0.25, 0.3) is 5.91 Å². The molecule has 1 aromatic rings. The van der Waals surface area contributed by atoms with E-state index in [1.54, 1.807) is 4.90 Å². The van der Waals surface area contributed by atoms with Crippen molar-refractivity contribution < 1.29 is 4.79 Å². The summed E-state index contributed by atoms with van der Waals surface area (Å²) in [5.41, 5.74) is 0.484. The minimum absolute atomic E-state index is 0.00910. The molecule has 6 nitrogen and oxygen atoms in total. The molecule has 1 saturated carbocycles. The van der Waals surface area contributed by atoms with Crippen LogP contribution in [0, 0.1) is 0 Å². The van der Waals surface area contributed by atoms with Crippen molar-refractivity contribution >= 4 is 5.91 Å². The van der Waals surface area contributed by atoms with Crippen molar-refractivity contribution in [3.05, 3.63) is 11.9 Å². The van der Waals surface area contributed by atoms with Gasteiger partial charge in [-0.1, -0.05) is 30.9 Å². The molecule has 1 aliphatic heterocycles. The van der Waals surface area contributed by atoms with Crippen molar-refractivity contribution in [1.29, 1.82) is 0 Å². The number of nitrogens with zero attached hydrogens (tertiary/aromatic N) is 5. The van der Waals surface area contributed by atoms with Crippen LogP contribution >= 0.6 is 0 Å². The number of rotatable bonds is 4. The number of aromatic nitrogens is 3. The summed E-state index contributed by atoms with van der Waals surface area (Å²) in [5.74, 6) is -0.00910. The molecule has 0 spiro atoms. The van der Waals surface area contributed by atoms with Crippen LogP contribution in [0.1, 0.15) is 67.9 Å². The number of carbonyl (C=O) groups is 1. The normalized spacial score (nSPS) is 23.8. The summed E-state index contributed by atoms with van der Waals surface area (Å²) in [4.78, 5) is 16.7. The lowest BCUT2D eigenvalue weighted by molar-refractivity contribution is 0.0755. The Hall–Kier alpha value is -1.43. The van der Waals surface area contributed by atoms with Gasteiger partial charge in [0.05, 0.1) is 12.2 Å². The average Bonchev–Trinajstić information content (AvgIpc) is 3.09. The highest BCUT2D eigenvalue weighted by atomic mass is 16.2. The minimum Gasteiger partial charge on any atom is -0.339 e. The Balaban J connectivity index is 1.61. The number of carbonyl (C=O) groups excluding carboxylic acids is 1. The van der Waals surface area contributed by atoms with E-state index < -0.39 is 0 Å². The SMILES string of the molecule is CN(C[C@@H]1CCCN1C)C(=O)c1cn(C2CCCCCC2)nn1. The molecule has 2 fully saturated rings. The Kier molecular flexibility index (Phi) is 5.30. The first-order chi connectivity index (χ1) is 11.1. The summed E-state index contributed by atoms with van der Waals surface area (Å²) in [7, 11) is 4.01. The summed E-state index contributed by atoms with van der Waals surface area (Å²) in [6.07, 6.45) is 11.7. The van der Waals surface area contributed by atoms with Crippen LogP contribution in [0.15, 0.2) is 6.20 Å². The van der Waals surface area contributed by atoms with Gasteiger partial charge >= 0.3 is 0 Å². The summed E-state index contributed by atoms with van der Waals surface area (Å²) in [6, 6.07) is 0.888. The van der Waals surface area contributed by atoms with Gasteiger partial charge in [0, 0.05) is 19.6 Å². The van der Waals surface area contributed by atoms with Crippen LogP contribution in [0.4, 0.5) is 0 Å². The number of amides is 1. The molecule has 0 N–H and O–H groups in total. The second-order valence-corrected chi connectivity index (χ2v) is 7.19. The molecule has 1 aromatic heterocycles. The van der Waals surface area contributed by atoms with Crippen LogP contribution in [0.25, 0.3) is 0 Å². The molecule has 2 aliphatic rings. The van der Waals surface area contributed by atoms with Crippen molar-refractivity contribution in [1.82, 2.24) is 24.8 Å². The third kappa shape index (κ3) is 3.91.